The van der Waals surface area contributed by atoms with Gasteiger partial charge < -0.3 is 10.4 Å². The second kappa shape index (κ2) is 4.43. The van der Waals surface area contributed by atoms with Crippen molar-refractivity contribution in [1.29, 1.82) is 0 Å². The summed E-state index contributed by atoms with van der Waals surface area (Å²) in [5, 5.41) is 14.8. The molecule has 0 aliphatic carbocycles. The molecule has 0 radical (unpaired) electrons. The van der Waals surface area contributed by atoms with Gasteiger partial charge in [0.15, 0.2) is 0 Å². The van der Waals surface area contributed by atoms with Crippen LogP contribution in [0.15, 0.2) is 5.38 Å². The Hall–Kier alpha value is -0.450. The Morgan fingerprint density at radius 3 is 3.09 bits per heavy atom. The molecule has 0 aliphatic heterocycles. The van der Waals surface area contributed by atoms with E-state index in [1.807, 2.05) is 5.38 Å². The average Bonchev–Trinajstić information content (AvgIpc) is 2.48. The van der Waals surface area contributed by atoms with Gasteiger partial charge in [-0.1, -0.05) is 6.92 Å². The number of nitrogens with zero attached hydrogens (tertiary/aromatic N) is 1. The lowest BCUT2D eigenvalue weighted by Gasteiger charge is -1.94. The van der Waals surface area contributed by atoms with Crippen LogP contribution in [0, 0.1) is 0 Å². The van der Waals surface area contributed by atoms with Crippen LogP contribution in [0.5, 0.6) is 0 Å². The fourth-order valence-corrected chi connectivity index (χ4v) is 1.49. The van der Waals surface area contributed by atoms with Crippen LogP contribution in [0.1, 0.15) is 17.6 Å². The van der Waals surface area contributed by atoms with Crippen molar-refractivity contribution in [3.8, 4) is 0 Å². The van der Waals surface area contributed by atoms with E-state index in [1.54, 1.807) is 11.3 Å². The molecule has 0 aliphatic rings. The number of aromatic nitrogens is 1. The van der Waals surface area contributed by atoms with Gasteiger partial charge in [0.2, 0.25) is 0 Å². The van der Waals surface area contributed by atoms with E-state index < -0.39 is 0 Å². The first-order valence-corrected chi connectivity index (χ1v) is 4.49. The maximum atomic E-state index is 8.70. The number of hydrogen-bond acceptors (Lipinski definition) is 4. The third kappa shape index (κ3) is 2.57. The van der Waals surface area contributed by atoms with Gasteiger partial charge in [0.25, 0.3) is 0 Å². The number of aliphatic hydroxyl groups excluding tert-OH is 1. The topological polar surface area (TPSA) is 45.2 Å². The van der Waals surface area contributed by atoms with Crippen molar-refractivity contribution in [3.63, 3.8) is 0 Å². The third-order valence-corrected chi connectivity index (χ3v) is 2.19. The average molecular weight is 172 g/mol. The molecule has 0 saturated heterocycles. The molecule has 4 heteroatoms. The zero-order valence-electron chi connectivity index (χ0n) is 6.50. The summed E-state index contributed by atoms with van der Waals surface area (Å²) in [5.74, 6) is 0. The Morgan fingerprint density at radius 2 is 2.55 bits per heavy atom. The number of nitrogens with one attached hydrogen (secondary N) is 1. The van der Waals surface area contributed by atoms with E-state index in [1.165, 1.54) is 0 Å². The van der Waals surface area contributed by atoms with E-state index in [0.29, 0.717) is 0 Å². The molecular weight excluding hydrogens is 160 g/mol. The summed E-state index contributed by atoms with van der Waals surface area (Å²) < 4.78 is 0. The Labute approximate surface area is 70.1 Å². The van der Waals surface area contributed by atoms with Crippen LogP contribution in [0.3, 0.4) is 0 Å². The van der Waals surface area contributed by atoms with E-state index >= 15 is 0 Å². The van der Waals surface area contributed by atoms with Gasteiger partial charge >= 0.3 is 0 Å². The van der Waals surface area contributed by atoms with Gasteiger partial charge in [0.1, 0.15) is 5.01 Å². The van der Waals surface area contributed by atoms with Crippen LogP contribution in [-0.4, -0.2) is 16.6 Å². The smallest absolute Gasteiger partial charge is 0.107 e. The molecule has 0 aromatic carbocycles. The van der Waals surface area contributed by atoms with Gasteiger partial charge in [-0.2, -0.15) is 0 Å². The molecule has 1 heterocycles. The minimum absolute atomic E-state index is 0.0443. The van der Waals surface area contributed by atoms with Gasteiger partial charge in [-0.05, 0) is 6.54 Å². The Bertz CT molecular complexity index is 212. The molecule has 0 spiro atoms. The molecule has 1 rings (SSSR count). The molecular formula is C7H12N2OS. The van der Waals surface area contributed by atoms with Crippen molar-refractivity contribution < 1.29 is 5.11 Å². The summed E-state index contributed by atoms with van der Waals surface area (Å²) in [7, 11) is 0. The molecule has 0 bridgehead atoms. The summed E-state index contributed by atoms with van der Waals surface area (Å²) in [6, 6.07) is 0. The molecule has 0 unspecified atom stereocenters. The highest BCUT2D eigenvalue weighted by atomic mass is 32.1. The third-order valence-electron chi connectivity index (χ3n) is 1.29. The van der Waals surface area contributed by atoms with Crippen LogP contribution in [-0.2, 0) is 13.2 Å². The first kappa shape index (κ1) is 8.64. The predicted molar refractivity (Wildman–Crippen MR) is 45.4 cm³/mol. The second-order valence-electron chi connectivity index (χ2n) is 2.17. The molecule has 2 N–H and O–H groups in total. The quantitative estimate of drug-likeness (QED) is 0.704. The monoisotopic (exact) mass is 172 g/mol. The van der Waals surface area contributed by atoms with Crippen molar-refractivity contribution in [2.24, 2.45) is 0 Å². The maximum Gasteiger partial charge on any atom is 0.107 e. The van der Waals surface area contributed by atoms with E-state index in [4.69, 9.17) is 5.11 Å². The first-order valence-electron chi connectivity index (χ1n) is 3.61. The Kier molecular flexibility index (Phi) is 3.48. The van der Waals surface area contributed by atoms with E-state index in [-0.39, 0.29) is 6.61 Å². The maximum absolute atomic E-state index is 8.70. The summed E-state index contributed by atoms with van der Waals surface area (Å²) in [5.41, 5.74) is 0.767. The van der Waals surface area contributed by atoms with E-state index in [0.717, 1.165) is 23.8 Å². The summed E-state index contributed by atoms with van der Waals surface area (Å²) in [6.45, 7) is 3.86. The van der Waals surface area contributed by atoms with E-state index in [2.05, 4.69) is 17.2 Å². The van der Waals surface area contributed by atoms with Gasteiger partial charge in [-0.15, -0.1) is 11.3 Å². The van der Waals surface area contributed by atoms with E-state index in [9.17, 15) is 0 Å². The molecule has 0 fully saturated rings. The highest BCUT2D eigenvalue weighted by Crippen LogP contribution is 2.08. The lowest BCUT2D eigenvalue weighted by molar-refractivity contribution is 0.277. The molecule has 0 atom stereocenters. The zero-order chi connectivity index (χ0) is 8.10. The number of hydrogen-bond donors (Lipinski definition) is 2. The van der Waals surface area contributed by atoms with Crippen molar-refractivity contribution in [3.05, 3.63) is 16.1 Å². The Balaban J connectivity index is 2.44. The lowest BCUT2D eigenvalue weighted by Crippen LogP contribution is -2.11. The van der Waals surface area contributed by atoms with Crippen LogP contribution >= 0.6 is 11.3 Å². The molecule has 0 saturated carbocycles. The number of thiazole rings is 1. The Morgan fingerprint density at radius 1 is 1.73 bits per heavy atom. The predicted octanol–water partition coefficient (Wildman–Crippen LogP) is 0.745. The minimum atomic E-state index is 0.0443. The standard InChI is InChI=1S/C7H12N2OS/c1-2-8-3-7-9-6(4-10)5-11-7/h5,8,10H,2-4H2,1H3. The number of rotatable bonds is 4. The van der Waals surface area contributed by atoms with Crippen molar-refractivity contribution in [1.82, 2.24) is 10.3 Å². The van der Waals surface area contributed by atoms with Crippen LogP contribution in [0.4, 0.5) is 0 Å². The second-order valence-corrected chi connectivity index (χ2v) is 3.11. The highest BCUT2D eigenvalue weighted by molar-refractivity contribution is 7.09. The molecule has 1 aromatic heterocycles. The van der Waals surface area contributed by atoms with Crippen molar-refractivity contribution >= 4 is 11.3 Å². The molecule has 0 amide bonds. The zero-order valence-corrected chi connectivity index (χ0v) is 7.32. The molecule has 62 valence electrons. The SMILES string of the molecule is CCNCc1nc(CO)cs1. The summed E-state index contributed by atoms with van der Waals surface area (Å²) in [6.07, 6.45) is 0. The largest absolute Gasteiger partial charge is 0.390 e. The summed E-state index contributed by atoms with van der Waals surface area (Å²) in [4.78, 5) is 4.17. The van der Waals surface area contributed by atoms with Crippen LogP contribution in [0.2, 0.25) is 0 Å². The number of aliphatic hydroxyl groups is 1. The minimum Gasteiger partial charge on any atom is -0.390 e. The summed E-state index contributed by atoms with van der Waals surface area (Å²) >= 11 is 1.58. The fourth-order valence-electron chi connectivity index (χ4n) is 0.735. The van der Waals surface area contributed by atoms with Crippen molar-refractivity contribution in [2.75, 3.05) is 6.54 Å². The fraction of sp³-hybridized carbons (Fsp3) is 0.571. The molecule has 3 nitrogen and oxygen atoms in total. The first-order chi connectivity index (χ1) is 5.36. The highest BCUT2D eigenvalue weighted by Gasteiger charge is 1.98. The van der Waals surface area contributed by atoms with Gasteiger partial charge in [0, 0.05) is 11.9 Å². The van der Waals surface area contributed by atoms with Crippen LogP contribution < -0.4 is 5.32 Å². The van der Waals surface area contributed by atoms with Gasteiger partial charge in [-0.25, -0.2) is 4.98 Å². The lowest BCUT2D eigenvalue weighted by atomic mass is 10.5. The van der Waals surface area contributed by atoms with Crippen molar-refractivity contribution in [2.45, 2.75) is 20.1 Å². The normalized spacial score (nSPS) is 10.4. The molecule has 1 aromatic rings. The van der Waals surface area contributed by atoms with Gasteiger partial charge in [0.05, 0.1) is 12.3 Å². The van der Waals surface area contributed by atoms with Gasteiger partial charge in [-0.3, -0.25) is 0 Å². The molecule has 11 heavy (non-hydrogen) atoms. The van der Waals surface area contributed by atoms with Crippen LogP contribution in [0.25, 0.3) is 0 Å².